The molecule has 45 heavy (non-hydrogen) atoms. The van der Waals surface area contributed by atoms with Crippen LogP contribution in [0.15, 0.2) is 82.6 Å². The predicted octanol–water partition coefficient (Wildman–Crippen LogP) is 4.92. The Bertz CT molecular complexity index is 1920. The van der Waals surface area contributed by atoms with Crippen LogP contribution in [-0.2, 0) is 30.7 Å². The molecule has 4 aromatic rings. The monoisotopic (exact) mass is 630 g/mol. The van der Waals surface area contributed by atoms with Crippen LogP contribution in [0.1, 0.15) is 48.6 Å². The minimum absolute atomic E-state index is 0.0370. The number of aromatic nitrogens is 1. The van der Waals surface area contributed by atoms with Gasteiger partial charge in [0.2, 0.25) is 5.91 Å². The predicted molar refractivity (Wildman–Crippen MR) is 170 cm³/mol. The third-order valence-electron chi connectivity index (χ3n) is 8.07. The Balaban J connectivity index is 1.42. The van der Waals surface area contributed by atoms with Crippen LogP contribution in [0, 0.1) is 0 Å². The van der Waals surface area contributed by atoms with E-state index in [0.29, 0.717) is 47.3 Å². The molecule has 7 rings (SSSR count). The van der Waals surface area contributed by atoms with Crippen LogP contribution in [0.5, 0.6) is 0 Å². The summed E-state index contributed by atoms with van der Waals surface area (Å²) in [5.41, 5.74) is 2.42. The van der Waals surface area contributed by atoms with E-state index >= 15 is 0 Å². The summed E-state index contributed by atoms with van der Waals surface area (Å²) in [6.07, 6.45) is 1.48. The number of H-pyrrole nitrogens is 1. The number of pyridine rings is 1. The summed E-state index contributed by atoms with van der Waals surface area (Å²) in [6, 6.07) is 18.0. The van der Waals surface area contributed by atoms with Gasteiger partial charge in [-0.05, 0) is 78.2 Å². The van der Waals surface area contributed by atoms with Crippen LogP contribution in [0.4, 0.5) is 16.2 Å². The number of nitrogens with one attached hydrogen (secondary N) is 3. The van der Waals surface area contributed by atoms with E-state index in [1.165, 1.54) is 17.0 Å². The lowest BCUT2D eigenvalue weighted by Gasteiger charge is -2.27. The van der Waals surface area contributed by atoms with Gasteiger partial charge in [0.05, 0.1) is 10.1 Å². The van der Waals surface area contributed by atoms with Crippen LogP contribution in [-0.4, -0.2) is 55.8 Å². The molecule has 234 valence electrons. The highest BCUT2D eigenvalue weighted by Gasteiger charge is 2.38. The molecule has 0 saturated heterocycles. The number of hydrogen-bond acceptors (Lipinski definition) is 8. The standard InChI is InChI=1S/C33H34N4O7S/c1-3-43-28-19-44-33(40)36-24-10-13-29(45(41,42)26-11-12-26)23(16-24)18-37(2)32(39)30(22-6-4-21(28)5-7-22)35-25-9-8-20-14-15-34-31(38)27(20)17-25/h4-10,13-17,26,28,30,35H,3,11-12,18-19H2,1-2H3,(H,34,38)(H,36,40)/t28-,30?/m0/s1. The lowest BCUT2D eigenvalue weighted by atomic mass is 10.0. The Kier molecular flexibility index (Phi) is 8.34. The van der Waals surface area contributed by atoms with E-state index in [4.69, 9.17) is 9.47 Å². The Labute approximate surface area is 260 Å². The highest BCUT2D eigenvalue weighted by Crippen LogP contribution is 2.36. The van der Waals surface area contributed by atoms with Gasteiger partial charge < -0.3 is 24.7 Å². The number of amides is 2. The van der Waals surface area contributed by atoms with Gasteiger partial charge in [-0.1, -0.05) is 30.3 Å². The van der Waals surface area contributed by atoms with Gasteiger partial charge >= 0.3 is 6.09 Å². The zero-order valence-corrected chi connectivity index (χ0v) is 25.7. The molecule has 2 amide bonds. The first-order valence-corrected chi connectivity index (χ1v) is 16.3. The molecule has 12 heteroatoms. The van der Waals surface area contributed by atoms with Gasteiger partial charge in [0.1, 0.15) is 18.8 Å². The summed E-state index contributed by atoms with van der Waals surface area (Å²) < 4.78 is 38.1. The molecule has 1 unspecified atom stereocenters. The van der Waals surface area contributed by atoms with Crippen molar-refractivity contribution in [2.45, 2.75) is 48.6 Å². The second-order valence-electron chi connectivity index (χ2n) is 11.3. The van der Waals surface area contributed by atoms with E-state index in [-0.39, 0.29) is 29.5 Å². The van der Waals surface area contributed by atoms with Crippen molar-refractivity contribution >= 4 is 44.0 Å². The van der Waals surface area contributed by atoms with E-state index in [1.807, 2.05) is 19.1 Å². The van der Waals surface area contributed by atoms with Crippen LogP contribution in [0.25, 0.3) is 10.8 Å². The third kappa shape index (κ3) is 6.43. The van der Waals surface area contributed by atoms with Crippen molar-refractivity contribution in [1.29, 1.82) is 0 Å². The average Bonchev–Trinajstić information content (AvgIpc) is 3.88. The topological polar surface area (TPSA) is 147 Å². The number of benzene rings is 3. The molecule has 2 aliphatic heterocycles. The van der Waals surface area contributed by atoms with Crippen molar-refractivity contribution in [2.75, 3.05) is 30.9 Å². The number of aromatic amines is 1. The molecule has 3 aromatic carbocycles. The molecule has 3 heterocycles. The molecule has 11 nitrogen and oxygen atoms in total. The van der Waals surface area contributed by atoms with Crippen LogP contribution in [0.3, 0.4) is 0 Å². The highest BCUT2D eigenvalue weighted by atomic mass is 32.2. The zero-order chi connectivity index (χ0) is 31.7. The van der Waals surface area contributed by atoms with E-state index in [1.54, 1.807) is 55.7 Å². The fourth-order valence-electron chi connectivity index (χ4n) is 5.55. The summed E-state index contributed by atoms with van der Waals surface area (Å²) in [5, 5.41) is 6.75. The molecular formula is C33H34N4O7S. The summed E-state index contributed by atoms with van der Waals surface area (Å²) in [6.45, 7) is 2.13. The Hall–Kier alpha value is -4.68. The number of rotatable bonds is 6. The van der Waals surface area contributed by atoms with Gasteiger partial charge in [0.15, 0.2) is 9.84 Å². The van der Waals surface area contributed by atoms with Gasteiger partial charge in [0, 0.05) is 43.2 Å². The second-order valence-corrected chi connectivity index (χ2v) is 13.5. The summed E-state index contributed by atoms with van der Waals surface area (Å²) >= 11 is 0. The van der Waals surface area contributed by atoms with Crippen molar-refractivity contribution in [3.8, 4) is 0 Å². The van der Waals surface area contributed by atoms with Gasteiger partial charge in [-0.25, -0.2) is 13.2 Å². The fraction of sp³-hybridized carbons (Fsp3) is 0.303. The maximum atomic E-state index is 14.2. The number of hydrogen-bond donors (Lipinski definition) is 3. The number of anilines is 2. The smallest absolute Gasteiger partial charge is 0.411 e. The van der Waals surface area contributed by atoms with Crippen molar-refractivity contribution in [2.24, 2.45) is 0 Å². The average molecular weight is 631 g/mol. The van der Waals surface area contributed by atoms with Gasteiger partial charge in [-0.15, -0.1) is 0 Å². The fourth-order valence-corrected chi connectivity index (χ4v) is 7.41. The quantitative estimate of drug-likeness (QED) is 0.272. The van der Waals surface area contributed by atoms with Gasteiger partial charge in [0.25, 0.3) is 5.56 Å². The Morgan fingerprint density at radius 3 is 2.47 bits per heavy atom. The maximum absolute atomic E-state index is 14.2. The number of nitrogens with zero attached hydrogens (tertiary/aromatic N) is 1. The molecule has 1 saturated carbocycles. The molecular weight excluding hydrogens is 596 g/mol. The number of fused-ring (bicyclic) bond motifs is 10. The molecule has 1 aliphatic carbocycles. The molecule has 1 fully saturated rings. The molecule has 2 atom stereocenters. The molecule has 3 aliphatic rings. The number of sulfone groups is 1. The SMILES string of the molecule is CCO[C@H]1COC(=O)Nc2ccc(S(=O)(=O)C3CC3)c(c2)CN(C)C(=O)C(Nc2ccc3cc[nH]c(=O)c3c2)c2ccc1cc2. The van der Waals surface area contributed by atoms with Gasteiger partial charge in [-0.3, -0.25) is 14.9 Å². The molecule has 4 bridgehead atoms. The maximum Gasteiger partial charge on any atom is 0.411 e. The van der Waals surface area contributed by atoms with E-state index in [2.05, 4.69) is 15.6 Å². The van der Waals surface area contributed by atoms with Crippen LogP contribution >= 0.6 is 0 Å². The van der Waals surface area contributed by atoms with Gasteiger partial charge in [-0.2, -0.15) is 0 Å². The minimum Gasteiger partial charge on any atom is -0.446 e. The normalized spacial score (nSPS) is 19.3. The van der Waals surface area contributed by atoms with Crippen LogP contribution in [0.2, 0.25) is 0 Å². The number of ether oxygens (including phenoxy) is 2. The molecule has 3 N–H and O–H groups in total. The van der Waals surface area contributed by atoms with E-state index in [9.17, 15) is 22.8 Å². The summed E-state index contributed by atoms with van der Waals surface area (Å²) in [7, 11) is -2.02. The molecule has 1 aromatic heterocycles. The van der Waals surface area contributed by atoms with Crippen molar-refractivity contribution in [3.63, 3.8) is 0 Å². The number of carbonyl (C=O) groups is 2. The number of likely N-dealkylation sites (N-methyl/N-ethyl adjacent to an activating group) is 1. The molecule has 0 radical (unpaired) electrons. The Morgan fingerprint density at radius 1 is 0.978 bits per heavy atom. The Morgan fingerprint density at radius 2 is 1.73 bits per heavy atom. The first-order chi connectivity index (χ1) is 21.6. The zero-order valence-electron chi connectivity index (χ0n) is 24.9. The second kappa shape index (κ2) is 12.4. The number of carbonyl (C=O) groups excluding carboxylic acids is 2. The van der Waals surface area contributed by atoms with Crippen LogP contribution < -0.4 is 16.2 Å². The van der Waals surface area contributed by atoms with E-state index in [0.717, 1.165) is 10.9 Å². The van der Waals surface area contributed by atoms with Crippen molar-refractivity contribution in [3.05, 3.63) is 100.0 Å². The van der Waals surface area contributed by atoms with Crippen molar-refractivity contribution < 1.29 is 27.5 Å². The first kappa shape index (κ1) is 30.4. The molecule has 0 spiro atoms. The van der Waals surface area contributed by atoms with E-state index < -0.39 is 33.3 Å². The lowest BCUT2D eigenvalue weighted by Crippen LogP contribution is -2.35. The van der Waals surface area contributed by atoms with Crippen molar-refractivity contribution in [1.82, 2.24) is 9.88 Å². The largest absolute Gasteiger partial charge is 0.446 e. The third-order valence-corrected chi connectivity index (χ3v) is 10.4. The summed E-state index contributed by atoms with van der Waals surface area (Å²) in [5.74, 6) is -0.328. The lowest BCUT2D eigenvalue weighted by molar-refractivity contribution is -0.131. The summed E-state index contributed by atoms with van der Waals surface area (Å²) in [4.78, 5) is 43.7. The minimum atomic E-state index is -3.62. The first-order valence-electron chi connectivity index (χ1n) is 14.8. The highest BCUT2D eigenvalue weighted by molar-refractivity contribution is 7.92.